The van der Waals surface area contributed by atoms with Crippen molar-refractivity contribution in [2.75, 3.05) is 10.8 Å². The number of rotatable bonds is 11. The molecule has 0 aromatic heterocycles. The highest BCUT2D eigenvalue weighted by molar-refractivity contribution is 7.92. The molecule has 236 valence electrons. The highest BCUT2D eigenvalue weighted by Gasteiger charge is 2.35. The predicted octanol–water partition coefficient (Wildman–Crippen LogP) is 6.71. The molecule has 7 nitrogen and oxygen atoms in total. The molecule has 0 heterocycles. The number of nitrogens with one attached hydrogen (secondary N) is 1. The topological polar surface area (TPSA) is 86.8 Å². The zero-order chi connectivity index (χ0) is 32.8. The Bertz CT molecular complexity index is 1700. The van der Waals surface area contributed by atoms with Crippen LogP contribution < -0.4 is 9.62 Å². The van der Waals surface area contributed by atoms with Crippen molar-refractivity contribution in [1.82, 2.24) is 10.2 Å². The number of anilines is 1. The van der Waals surface area contributed by atoms with E-state index in [1.165, 1.54) is 29.2 Å². The number of amides is 2. The molecule has 0 bridgehead atoms. The lowest BCUT2D eigenvalue weighted by molar-refractivity contribution is -0.140. The molecule has 45 heavy (non-hydrogen) atoms. The standard InChI is InChI=1S/C36H40ClN3O4S/c1-26-11-15-29(16-12-26)24-39(33(35(42)38-36(3,4)5)23-28-9-7-6-8-10-28)34(41)25-40(31-19-13-27(2)14-20-31)45(43,44)32-21-17-30(37)18-22-32/h6-22,33H,23-25H2,1-5H3,(H,38,42). The average Bonchev–Trinajstić information content (AvgIpc) is 2.99. The third kappa shape index (κ3) is 9.19. The predicted molar refractivity (Wildman–Crippen MR) is 181 cm³/mol. The Morgan fingerprint density at radius 2 is 1.33 bits per heavy atom. The second-order valence-electron chi connectivity index (χ2n) is 12.3. The van der Waals surface area contributed by atoms with E-state index < -0.39 is 34.1 Å². The van der Waals surface area contributed by atoms with Crippen molar-refractivity contribution in [3.8, 4) is 0 Å². The fourth-order valence-electron chi connectivity index (χ4n) is 4.87. The van der Waals surface area contributed by atoms with Gasteiger partial charge in [0.25, 0.3) is 10.0 Å². The molecule has 0 aliphatic heterocycles. The molecule has 4 rings (SSSR count). The summed E-state index contributed by atoms with van der Waals surface area (Å²) in [6, 6.07) is 29.1. The van der Waals surface area contributed by atoms with Crippen molar-refractivity contribution in [3.63, 3.8) is 0 Å². The summed E-state index contributed by atoms with van der Waals surface area (Å²) >= 11 is 6.06. The molecule has 9 heteroatoms. The molecule has 4 aromatic carbocycles. The summed E-state index contributed by atoms with van der Waals surface area (Å²) in [5, 5.41) is 3.44. The summed E-state index contributed by atoms with van der Waals surface area (Å²) < 4.78 is 29.3. The van der Waals surface area contributed by atoms with Gasteiger partial charge < -0.3 is 10.2 Å². The molecule has 1 unspecified atom stereocenters. The molecule has 2 amide bonds. The van der Waals surface area contributed by atoms with Crippen LogP contribution in [0.4, 0.5) is 5.69 Å². The Labute approximate surface area is 271 Å². The van der Waals surface area contributed by atoms with Gasteiger partial charge >= 0.3 is 0 Å². The fourth-order valence-corrected chi connectivity index (χ4v) is 6.41. The van der Waals surface area contributed by atoms with Crippen LogP contribution in [0.1, 0.15) is 43.0 Å². The maximum absolute atomic E-state index is 14.5. The number of benzene rings is 4. The molecule has 0 radical (unpaired) electrons. The Morgan fingerprint density at radius 3 is 1.89 bits per heavy atom. The molecule has 0 spiro atoms. The second-order valence-corrected chi connectivity index (χ2v) is 14.6. The zero-order valence-electron chi connectivity index (χ0n) is 26.3. The summed E-state index contributed by atoms with van der Waals surface area (Å²) in [5.41, 5.74) is 3.46. The van der Waals surface area contributed by atoms with Crippen LogP contribution >= 0.6 is 11.6 Å². The summed E-state index contributed by atoms with van der Waals surface area (Å²) in [6.45, 7) is 9.11. The number of nitrogens with zero attached hydrogens (tertiary/aromatic N) is 2. The quantitative estimate of drug-likeness (QED) is 0.197. The summed E-state index contributed by atoms with van der Waals surface area (Å²) in [4.78, 5) is 30.0. The fraction of sp³-hybridized carbons (Fsp3) is 0.278. The van der Waals surface area contributed by atoms with Crippen molar-refractivity contribution in [2.24, 2.45) is 0 Å². The lowest BCUT2D eigenvalue weighted by Gasteiger charge is -2.35. The van der Waals surface area contributed by atoms with Gasteiger partial charge in [-0.3, -0.25) is 13.9 Å². The van der Waals surface area contributed by atoms with Crippen LogP contribution in [0.3, 0.4) is 0 Å². The van der Waals surface area contributed by atoms with Gasteiger partial charge in [-0.1, -0.05) is 89.5 Å². The number of carbonyl (C=O) groups is 2. The van der Waals surface area contributed by atoms with E-state index in [-0.39, 0.29) is 23.8 Å². The first-order chi connectivity index (χ1) is 21.2. The first kappa shape index (κ1) is 33.7. The largest absolute Gasteiger partial charge is 0.350 e. The molecular formula is C36H40ClN3O4S. The van der Waals surface area contributed by atoms with Crippen LogP contribution in [0.2, 0.25) is 5.02 Å². The number of halogens is 1. The highest BCUT2D eigenvalue weighted by atomic mass is 35.5. The van der Waals surface area contributed by atoms with Crippen LogP contribution in [0, 0.1) is 13.8 Å². The molecular weight excluding hydrogens is 606 g/mol. The van der Waals surface area contributed by atoms with E-state index in [1.807, 2.05) is 89.2 Å². The van der Waals surface area contributed by atoms with Gasteiger partial charge in [0.2, 0.25) is 11.8 Å². The minimum absolute atomic E-state index is 0.00308. The molecule has 0 aliphatic carbocycles. The zero-order valence-corrected chi connectivity index (χ0v) is 27.9. The smallest absolute Gasteiger partial charge is 0.264 e. The molecule has 0 saturated heterocycles. The molecule has 4 aromatic rings. The van der Waals surface area contributed by atoms with Crippen molar-refractivity contribution in [3.05, 3.63) is 130 Å². The summed E-state index contributed by atoms with van der Waals surface area (Å²) in [6.07, 6.45) is 0.245. The van der Waals surface area contributed by atoms with Gasteiger partial charge in [0, 0.05) is 23.5 Å². The van der Waals surface area contributed by atoms with Crippen molar-refractivity contribution < 1.29 is 18.0 Å². The number of carbonyl (C=O) groups excluding carboxylic acids is 2. The summed E-state index contributed by atoms with van der Waals surface area (Å²) in [5.74, 6) is -0.840. The van der Waals surface area contributed by atoms with Crippen molar-refractivity contribution in [2.45, 2.75) is 64.1 Å². The Hall–Kier alpha value is -4.14. The van der Waals surface area contributed by atoms with Crippen LogP contribution in [-0.2, 0) is 32.6 Å². The van der Waals surface area contributed by atoms with E-state index >= 15 is 0 Å². The number of aryl methyl sites for hydroxylation is 2. The number of sulfonamides is 1. The lowest BCUT2D eigenvalue weighted by Crippen LogP contribution is -2.56. The van der Waals surface area contributed by atoms with E-state index in [9.17, 15) is 18.0 Å². The van der Waals surface area contributed by atoms with E-state index in [0.29, 0.717) is 10.7 Å². The minimum Gasteiger partial charge on any atom is -0.350 e. The van der Waals surface area contributed by atoms with Gasteiger partial charge in [-0.15, -0.1) is 0 Å². The Kier molecular flexibility index (Phi) is 10.7. The third-order valence-corrected chi connectivity index (χ3v) is 9.29. The van der Waals surface area contributed by atoms with Crippen LogP contribution in [0.25, 0.3) is 0 Å². The van der Waals surface area contributed by atoms with Crippen LogP contribution in [-0.4, -0.2) is 43.3 Å². The van der Waals surface area contributed by atoms with Crippen molar-refractivity contribution in [1.29, 1.82) is 0 Å². The third-order valence-electron chi connectivity index (χ3n) is 7.25. The van der Waals surface area contributed by atoms with Crippen LogP contribution in [0.5, 0.6) is 0 Å². The van der Waals surface area contributed by atoms with E-state index in [2.05, 4.69) is 5.32 Å². The highest BCUT2D eigenvalue weighted by Crippen LogP contribution is 2.26. The molecule has 1 atom stereocenters. The van der Waals surface area contributed by atoms with Gasteiger partial charge in [-0.25, -0.2) is 8.42 Å². The van der Waals surface area contributed by atoms with Gasteiger partial charge in [0.15, 0.2) is 0 Å². The molecule has 0 saturated carbocycles. The molecule has 0 fully saturated rings. The molecule has 1 N–H and O–H groups in total. The number of hydrogen-bond donors (Lipinski definition) is 1. The van der Waals surface area contributed by atoms with E-state index in [0.717, 1.165) is 26.6 Å². The maximum atomic E-state index is 14.5. The van der Waals surface area contributed by atoms with Gasteiger partial charge in [0.05, 0.1) is 10.6 Å². The maximum Gasteiger partial charge on any atom is 0.264 e. The van der Waals surface area contributed by atoms with E-state index in [1.54, 1.807) is 24.3 Å². The first-order valence-electron chi connectivity index (χ1n) is 14.8. The minimum atomic E-state index is -4.20. The van der Waals surface area contributed by atoms with Gasteiger partial charge in [-0.05, 0) is 82.1 Å². The van der Waals surface area contributed by atoms with Gasteiger partial charge in [0.1, 0.15) is 12.6 Å². The Morgan fingerprint density at radius 1 is 0.778 bits per heavy atom. The SMILES string of the molecule is Cc1ccc(CN(C(=O)CN(c2ccc(C)cc2)S(=O)(=O)c2ccc(Cl)cc2)C(Cc2ccccc2)C(=O)NC(C)(C)C)cc1. The lowest BCUT2D eigenvalue weighted by atomic mass is 10.0. The van der Waals surface area contributed by atoms with E-state index in [4.69, 9.17) is 11.6 Å². The summed E-state index contributed by atoms with van der Waals surface area (Å²) in [7, 11) is -4.20. The van der Waals surface area contributed by atoms with Gasteiger partial charge in [-0.2, -0.15) is 0 Å². The molecule has 0 aliphatic rings. The Balaban J connectivity index is 1.81. The first-order valence-corrected chi connectivity index (χ1v) is 16.6. The second kappa shape index (κ2) is 14.3. The van der Waals surface area contributed by atoms with Crippen molar-refractivity contribution >= 4 is 39.1 Å². The number of hydrogen-bond acceptors (Lipinski definition) is 4. The van der Waals surface area contributed by atoms with Crippen LogP contribution in [0.15, 0.2) is 108 Å². The average molecular weight is 646 g/mol. The normalized spacial score (nSPS) is 12.3. The monoisotopic (exact) mass is 645 g/mol.